The maximum absolute atomic E-state index is 12.7. The van der Waals surface area contributed by atoms with Gasteiger partial charge in [-0.2, -0.15) is 0 Å². The van der Waals surface area contributed by atoms with Crippen molar-refractivity contribution in [2.75, 3.05) is 20.2 Å². The van der Waals surface area contributed by atoms with Crippen molar-refractivity contribution in [3.63, 3.8) is 0 Å². The van der Waals surface area contributed by atoms with Gasteiger partial charge in [0.1, 0.15) is 12.2 Å². The molecule has 1 aromatic rings. The van der Waals surface area contributed by atoms with Crippen molar-refractivity contribution in [1.29, 1.82) is 0 Å². The van der Waals surface area contributed by atoms with Crippen molar-refractivity contribution in [2.24, 2.45) is 5.41 Å². The van der Waals surface area contributed by atoms with Crippen LogP contribution in [0.15, 0.2) is 30.3 Å². The largest absolute Gasteiger partial charge is 0.469 e. The van der Waals surface area contributed by atoms with E-state index in [9.17, 15) is 14.4 Å². The van der Waals surface area contributed by atoms with Gasteiger partial charge < -0.3 is 24.4 Å². The molecule has 2 unspecified atom stereocenters. The number of nitrogens with one attached hydrogen (secondary N) is 1. The molecule has 8 nitrogen and oxygen atoms in total. The van der Waals surface area contributed by atoms with E-state index in [1.807, 2.05) is 30.3 Å². The molecule has 1 aromatic carbocycles. The van der Waals surface area contributed by atoms with Gasteiger partial charge in [0, 0.05) is 13.1 Å². The van der Waals surface area contributed by atoms with Crippen LogP contribution in [0.25, 0.3) is 0 Å². The predicted octanol–water partition coefficient (Wildman–Crippen LogP) is 3.25. The third-order valence-electron chi connectivity index (χ3n) is 5.60. The topological polar surface area (TPSA) is 94.2 Å². The summed E-state index contributed by atoms with van der Waals surface area (Å²) in [5.41, 5.74) is -1.42. The number of alkyl carbamates (subject to hydrolysis) is 1. The molecule has 0 radical (unpaired) electrons. The Labute approximate surface area is 176 Å². The van der Waals surface area contributed by atoms with Crippen molar-refractivity contribution in [3.8, 4) is 0 Å². The normalized spacial score (nSPS) is 25.4. The molecule has 3 rings (SSSR count). The van der Waals surface area contributed by atoms with Gasteiger partial charge in [-0.15, -0.1) is 0 Å². The molecule has 1 saturated carbocycles. The predicted molar refractivity (Wildman–Crippen MR) is 109 cm³/mol. The van der Waals surface area contributed by atoms with Crippen molar-refractivity contribution in [2.45, 2.75) is 57.8 Å². The fourth-order valence-corrected chi connectivity index (χ4v) is 4.39. The van der Waals surface area contributed by atoms with Crippen LogP contribution in [0.5, 0.6) is 0 Å². The molecule has 2 aliphatic rings. The highest BCUT2D eigenvalue weighted by Gasteiger charge is 2.60. The number of carbonyl (C=O) groups excluding carboxylic acids is 3. The van der Waals surface area contributed by atoms with Gasteiger partial charge in [-0.3, -0.25) is 4.79 Å². The Hall–Kier alpha value is -2.77. The van der Waals surface area contributed by atoms with E-state index in [0.717, 1.165) is 5.56 Å². The van der Waals surface area contributed by atoms with Crippen LogP contribution >= 0.6 is 0 Å². The molecule has 30 heavy (non-hydrogen) atoms. The van der Waals surface area contributed by atoms with Gasteiger partial charge in [-0.1, -0.05) is 30.3 Å². The quantitative estimate of drug-likeness (QED) is 0.596. The lowest BCUT2D eigenvalue weighted by atomic mass is 9.79. The molecule has 1 aliphatic heterocycles. The molecule has 2 bridgehead atoms. The molecule has 2 amide bonds. The number of piperidine rings is 1. The summed E-state index contributed by atoms with van der Waals surface area (Å²) in [6, 6.07) is 9.37. The Balaban J connectivity index is 1.73. The summed E-state index contributed by atoms with van der Waals surface area (Å²) in [5, 5.41) is 2.93. The summed E-state index contributed by atoms with van der Waals surface area (Å²) < 4.78 is 15.9. The second-order valence-electron chi connectivity index (χ2n) is 9.25. The fraction of sp³-hybridized carbons (Fsp3) is 0.591. The zero-order valence-electron chi connectivity index (χ0n) is 18.0. The lowest BCUT2D eigenvalue weighted by Gasteiger charge is -2.44. The minimum Gasteiger partial charge on any atom is -0.469 e. The van der Waals surface area contributed by atoms with E-state index >= 15 is 0 Å². The van der Waals surface area contributed by atoms with E-state index in [2.05, 4.69) is 5.32 Å². The zero-order valence-corrected chi connectivity index (χ0v) is 18.0. The molecular weight excluding hydrogens is 388 g/mol. The fourth-order valence-electron chi connectivity index (χ4n) is 4.39. The van der Waals surface area contributed by atoms with E-state index in [0.29, 0.717) is 19.3 Å². The number of carbonyl (C=O) groups is 3. The van der Waals surface area contributed by atoms with Crippen LogP contribution in [-0.2, 0) is 25.6 Å². The number of ether oxygens (including phenoxy) is 3. The number of hydrogen-bond donors (Lipinski definition) is 1. The number of fused-ring (bicyclic) bond motifs is 2. The standard InChI is InChI=1S/C22H30N2O6/c1-20(2,3)30-19(27)24-14-21(17(25)28-4)10-11-22(13-21,15-24)23-18(26)29-12-16-8-6-5-7-9-16/h5-9H,10-15H2,1-4H3,(H,23,26). The molecule has 1 heterocycles. The monoisotopic (exact) mass is 418 g/mol. The van der Waals surface area contributed by atoms with Gasteiger partial charge >= 0.3 is 18.2 Å². The summed E-state index contributed by atoms with van der Waals surface area (Å²) in [6.07, 6.45) is 0.360. The van der Waals surface area contributed by atoms with Crippen LogP contribution in [0, 0.1) is 5.41 Å². The van der Waals surface area contributed by atoms with Crippen LogP contribution in [0.3, 0.4) is 0 Å². The second kappa shape index (κ2) is 8.16. The van der Waals surface area contributed by atoms with E-state index in [1.165, 1.54) is 12.0 Å². The van der Waals surface area contributed by atoms with Gasteiger partial charge in [0.05, 0.1) is 18.1 Å². The Bertz CT molecular complexity index is 806. The highest BCUT2D eigenvalue weighted by atomic mass is 16.6. The summed E-state index contributed by atoms with van der Waals surface area (Å²) >= 11 is 0. The smallest absolute Gasteiger partial charge is 0.410 e. The van der Waals surface area contributed by atoms with Crippen molar-refractivity contribution in [3.05, 3.63) is 35.9 Å². The van der Waals surface area contributed by atoms with Crippen LogP contribution in [0.4, 0.5) is 9.59 Å². The van der Waals surface area contributed by atoms with Crippen LogP contribution in [0.2, 0.25) is 0 Å². The van der Waals surface area contributed by atoms with Gasteiger partial charge in [-0.25, -0.2) is 9.59 Å². The first-order valence-electron chi connectivity index (χ1n) is 10.1. The summed E-state index contributed by atoms with van der Waals surface area (Å²) in [7, 11) is 1.34. The number of amides is 2. The molecule has 164 valence electrons. The molecule has 1 aliphatic carbocycles. The maximum Gasteiger partial charge on any atom is 0.410 e. The van der Waals surface area contributed by atoms with Crippen LogP contribution < -0.4 is 5.32 Å². The average molecular weight is 418 g/mol. The number of rotatable bonds is 4. The lowest BCUT2D eigenvalue weighted by molar-refractivity contribution is -0.155. The lowest BCUT2D eigenvalue weighted by Crippen LogP contribution is -2.62. The number of esters is 1. The SMILES string of the molecule is COC(=O)C12CCC(NC(=O)OCc3ccccc3)(CN(C(=O)OC(C)(C)C)C1)C2. The van der Waals surface area contributed by atoms with Gasteiger partial charge in [0.25, 0.3) is 0 Å². The second-order valence-corrected chi connectivity index (χ2v) is 9.25. The Kier molecular flexibility index (Phi) is 5.97. The van der Waals surface area contributed by atoms with Gasteiger partial charge in [0.15, 0.2) is 0 Å². The molecule has 1 saturated heterocycles. The van der Waals surface area contributed by atoms with Crippen molar-refractivity contribution in [1.82, 2.24) is 10.2 Å². The van der Waals surface area contributed by atoms with E-state index in [4.69, 9.17) is 14.2 Å². The molecule has 2 atom stereocenters. The number of nitrogens with zero attached hydrogens (tertiary/aromatic N) is 1. The molecule has 0 spiro atoms. The highest BCUT2D eigenvalue weighted by Crippen LogP contribution is 2.49. The van der Waals surface area contributed by atoms with Crippen molar-refractivity contribution < 1.29 is 28.6 Å². The van der Waals surface area contributed by atoms with E-state index in [-0.39, 0.29) is 25.7 Å². The first-order chi connectivity index (χ1) is 14.1. The Morgan fingerprint density at radius 3 is 2.43 bits per heavy atom. The average Bonchev–Trinajstić information content (AvgIpc) is 2.96. The first kappa shape index (κ1) is 21.9. The summed E-state index contributed by atoms with van der Waals surface area (Å²) in [6.45, 7) is 5.95. The molecule has 0 aromatic heterocycles. The minimum atomic E-state index is -0.864. The third kappa shape index (κ3) is 4.86. The van der Waals surface area contributed by atoms with E-state index in [1.54, 1.807) is 20.8 Å². The van der Waals surface area contributed by atoms with Crippen LogP contribution in [-0.4, -0.2) is 54.4 Å². The number of benzene rings is 1. The molecular formula is C22H30N2O6. The van der Waals surface area contributed by atoms with Crippen LogP contribution in [0.1, 0.15) is 45.6 Å². The number of methoxy groups -OCH3 is 1. The highest BCUT2D eigenvalue weighted by molar-refractivity contribution is 5.80. The zero-order chi connectivity index (χ0) is 22.0. The van der Waals surface area contributed by atoms with E-state index < -0.39 is 28.7 Å². The first-order valence-corrected chi connectivity index (χ1v) is 10.1. The minimum absolute atomic E-state index is 0.140. The third-order valence-corrected chi connectivity index (χ3v) is 5.60. The molecule has 1 N–H and O–H groups in total. The van der Waals surface area contributed by atoms with Crippen molar-refractivity contribution >= 4 is 18.2 Å². The van der Waals surface area contributed by atoms with Gasteiger partial charge in [-0.05, 0) is 45.6 Å². The number of likely N-dealkylation sites (tertiary alicyclic amines) is 1. The number of hydrogen-bond acceptors (Lipinski definition) is 6. The molecule has 8 heteroatoms. The summed E-state index contributed by atoms with van der Waals surface area (Å²) in [5.74, 6) is -0.378. The van der Waals surface area contributed by atoms with Gasteiger partial charge in [0.2, 0.25) is 0 Å². The Morgan fingerprint density at radius 1 is 1.10 bits per heavy atom. The maximum atomic E-state index is 12.7. The molecule has 2 fully saturated rings. The Morgan fingerprint density at radius 2 is 1.80 bits per heavy atom. The summed E-state index contributed by atoms with van der Waals surface area (Å²) in [4.78, 5) is 39.4.